The van der Waals surface area contributed by atoms with Crippen LogP contribution in [0.25, 0.3) is 22.2 Å². The van der Waals surface area contributed by atoms with Gasteiger partial charge >= 0.3 is 0 Å². The van der Waals surface area contributed by atoms with Gasteiger partial charge in [-0.3, -0.25) is 0 Å². The van der Waals surface area contributed by atoms with Crippen molar-refractivity contribution in [3.63, 3.8) is 0 Å². The van der Waals surface area contributed by atoms with E-state index >= 15 is 0 Å². The summed E-state index contributed by atoms with van der Waals surface area (Å²) in [5, 5.41) is 10.9. The van der Waals surface area contributed by atoms with Gasteiger partial charge in [0.25, 0.3) is 0 Å². The SMILES string of the molecule is [CH2]CC(C)(C)Oc1ccc(-c2nnc(CCc3ccc4ccccc4c3)o2)cc1. The molecule has 0 amide bonds. The van der Waals surface area contributed by atoms with Crippen LogP contribution in [0.5, 0.6) is 5.75 Å². The van der Waals surface area contributed by atoms with Crippen LogP contribution in [0.15, 0.2) is 71.1 Å². The van der Waals surface area contributed by atoms with E-state index in [-0.39, 0.29) is 5.60 Å². The highest BCUT2D eigenvalue weighted by atomic mass is 16.5. The van der Waals surface area contributed by atoms with E-state index in [9.17, 15) is 0 Å². The maximum absolute atomic E-state index is 5.94. The lowest BCUT2D eigenvalue weighted by Crippen LogP contribution is -2.26. The lowest BCUT2D eigenvalue weighted by Gasteiger charge is -2.24. The fourth-order valence-electron chi connectivity index (χ4n) is 3.15. The van der Waals surface area contributed by atoms with Crippen molar-refractivity contribution in [3.05, 3.63) is 85.1 Å². The van der Waals surface area contributed by atoms with Crippen molar-refractivity contribution < 1.29 is 9.15 Å². The topological polar surface area (TPSA) is 48.2 Å². The highest BCUT2D eigenvalue weighted by Crippen LogP contribution is 2.25. The molecule has 1 heterocycles. The summed E-state index contributed by atoms with van der Waals surface area (Å²) >= 11 is 0. The molecule has 29 heavy (non-hydrogen) atoms. The van der Waals surface area contributed by atoms with Crippen LogP contribution < -0.4 is 4.74 Å². The van der Waals surface area contributed by atoms with Gasteiger partial charge < -0.3 is 9.15 Å². The predicted molar refractivity (Wildman–Crippen MR) is 116 cm³/mol. The van der Waals surface area contributed by atoms with Crippen LogP contribution in [0.4, 0.5) is 0 Å². The first-order valence-corrected chi connectivity index (χ1v) is 9.91. The summed E-state index contributed by atoms with van der Waals surface area (Å²) in [5.41, 5.74) is 1.86. The molecule has 0 saturated heterocycles. The van der Waals surface area contributed by atoms with Crippen LogP contribution in [0.1, 0.15) is 31.7 Å². The molecule has 4 aromatic rings. The minimum Gasteiger partial charge on any atom is -0.488 e. The van der Waals surface area contributed by atoms with E-state index in [1.54, 1.807) is 0 Å². The Hall–Kier alpha value is -3.14. The van der Waals surface area contributed by atoms with E-state index in [0.717, 1.165) is 17.7 Å². The molecule has 4 nitrogen and oxygen atoms in total. The first kappa shape index (κ1) is 19.2. The molecule has 147 valence electrons. The van der Waals surface area contributed by atoms with Crippen molar-refractivity contribution in [2.24, 2.45) is 0 Å². The minimum atomic E-state index is -0.290. The molecule has 3 aromatic carbocycles. The number of aryl methyl sites for hydroxylation is 2. The molecule has 0 aliphatic heterocycles. The lowest BCUT2D eigenvalue weighted by atomic mass is 10.0. The van der Waals surface area contributed by atoms with Gasteiger partial charge in [0.05, 0.1) is 0 Å². The molecule has 4 heteroatoms. The number of nitrogens with zero attached hydrogens (tertiary/aromatic N) is 2. The van der Waals surface area contributed by atoms with Gasteiger partial charge in [0, 0.05) is 12.0 Å². The standard InChI is InChI=1S/C25H25N2O2/c1-4-25(2,3)29-22-14-12-20(13-15-22)24-27-26-23(28-24)16-10-18-9-11-19-7-5-6-8-21(19)17-18/h5-9,11-15,17H,1,4,10,16H2,2-3H3. The molecule has 0 saturated carbocycles. The lowest BCUT2D eigenvalue weighted by molar-refractivity contribution is 0.112. The summed E-state index contributed by atoms with van der Waals surface area (Å²) in [4.78, 5) is 0. The van der Waals surface area contributed by atoms with E-state index in [1.807, 2.05) is 38.1 Å². The Morgan fingerprint density at radius 2 is 1.66 bits per heavy atom. The number of ether oxygens (including phenoxy) is 1. The molecular formula is C25H25N2O2. The Bertz CT molecular complexity index is 1100. The molecule has 0 fully saturated rings. The summed E-state index contributed by atoms with van der Waals surface area (Å²) in [6, 6.07) is 22.6. The van der Waals surface area contributed by atoms with Crippen LogP contribution in [0.2, 0.25) is 0 Å². The number of hydrogen-bond acceptors (Lipinski definition) is 4. The molecule has 0 spiro atoms. The quantitative estimate of drug-likeness (QED) is 0.388. The molecule has 0 aliphatic carbocycles. The number of aromatic nitrogens is 2. The maximum Gasteiger partial charge on any atom is 0.247 e. The van der Waals surface area contributed by atoms with Crippen molar-refractivity contribution in [1.29, 1.82) is 0 Å². The second-order valence-electron chi connectivity index (χ2n) is 7.82. The van der Waals surface area contributed by atoms with E-state index in [0.29, 0.717) is 24.6 Å². The van der Waals surface area contributed by atoms with Crippen LogP contribution in [-0.2, 0) is 12.8 Å². The first-order chi connectivity index (χ1) is 14.0. The summed E-state index contributed by atoms with van der Waals surface area (Å²) in [7, 11) is 0. The average Bonchev–Trinajstić information content (AvgIpc) is 3.21. The van der Waals surface area contributed by atoms with Gasteiger partial charge in [-0.1, -0.05) is 42.5 Å². The van der Waals surface area contributed by atoms with Crippen molar-refractivity contribution in [2.75, 3.05) is 0 Å². The Kier molecular flexibility index (Phi) is 5.34. The van der Waals surface area contributed by atoms with Crippen LogP contribution in [0, 0.1) is 6.92 Å². The van der Waals surface area contributed by atoms with Gasteiger partial charge in [0.2, 0.25) is 11.8 Å². The van der Waals surface area contributed by atoms with Crippen LogP contribution in [-0.4, -0.2) is 15.8 Å². The zero-order chi connectivity index (χ0) is 20.3. The number of rotatable bonds is 7. The Labute approximate surface area is 171 Å². The zero-order valence-corrected chi connectivity index (χ0v) is 16.9. The van der Waals surface area contributed by atoms with Gasteiger partial charge in [0.1, 0.15) is 11.4 Å². The highest BCUT2D eigenvalue weighted by molar-refractivity contribution is 5.82. The number of fused-ring (bicyclic) bond motifs is 1. The van der Waals surface area contributed by atoms with Gasteiger partial charge in [0.15, 0.2) is 0 Å². The van der Waals surface area contributed by atoms with Crippen molar-refractivity contribution in [2.45, 2.75) is 38.7 Å². The van der Waals surface area contributed by atoms with Gasteiger partial charge in [-0.2, -0.15) is 0 Å². The van der Waals surface area contributed by atoms with Crippen molar-refractivity contribution >= 4 is 10.8 Å². The molecule has 0 aliphatic rings. The highest BCUT2D eigenvalue weighted by Gasteiger charge is 2.17. The second kappa shape index (κ2) is 8.08. The predicted octanol–water partition coefficient (Wildman–Crippen LogP) is 6.06. The average molecular weight is 385 g/mol. The zero-order valence-electron chi connectivity index (χ0n) is 16.9. The Morgan fingerprint density at radius 1 is 0.897 bits per heavy atom. The molecular weight excluding hydrogens is 360 g/mol. The molecule has 0 bridgehead atoms. The summed E-state index contributed by atoms with van der Waals surface area (Å²) in [6.45, 7) is 7.96. The smallest absolute Gasteiger partial charge is 0.247 e. The van der Waals surface area contributed by atoms with Gasteiger partial charge in [-0.05, 0) is 74.2 Å². The normalized spacial score (nSPS) is 11.7. The molecule has 0 unspecified atom stereocenters. The van der Waals surface area contributed by atoms with E-state index in [4.69, 9.17) is 9.15 Å². The Balaban J connectivity index is 1.41. The number of hydrogen-bond donors (Lipinski definition) is 0. The molecule has 0 atom stereocenters. The van der Waals surface area contributed by atoms with E-state index in [1.165, 1.54) is 16.3 Å². The fraction of sp³-hybridized carbons (Fsp3) is 0.240. The Morgan fingerprint density at radius 3 is 2.41 bits per heavy atom. The van der Waals surface area contributed by atoms with Crippen LogP contribution in [0.3, 0.4) is 0 Å². The van der Waals surface area contributed by atoms with Crippen LogP contribution >= 0.6 is 0 Å². The van der Waals surface area contributed by atoms with Crippen molar-refractivity contribution in [1.82, 2.24) is 10.2 Å². The summed E-state index contributed by atoms with van der Waals surface area (Å²) in [6.07, 6.45) is 2.27. The maximum atomic E-state index is 5.94. The number of benzene rings is 3. The molecule has 4 rings (SSSR count). The third-order valence-electron chi connectivity index (χ3n) is 5.01. The fourth-order valence-corrected chi connectivity index (χ4v) is 3.15. The molecule has 1 radical (unpaired) electrons. The van der Waals surface area contributed by atoms with Gasteiger partial charge in [-0.15, -0.1) is 10.2 Å². The van der Waals surface area contributed by atoms with E-state index in [2.05, 4.69) is 59.6 Å². The minimum absolute atomic E-state index is 0.290. The largest absolute Gasteiger partial charge is 0.488 e. The molecule has 0 N–H and O–H groups in total. The molecule has 1 aromatic heterocycles. The third-order valence-corrected chi connectivity index (χ3v) is 5.01. The third kappa shape index (κ3) is 4.65. The second-order valence-corrected chi connectivity index (χ2v) is 7.82. The monoisotopic (exact) mass is 385 g/mol. The van der Waals surface area contributed by atoms with Crippen molar-refractivity contribution in [3.8, 4) is 17.2 Å². The van der Waals surface area contributed by atoms with Gasteiger partial charge in [-0.25, -0.2) is 0 Å². The summed E-state index contributed by atoms with van der Waals surface area (Å²) < 4.78 is 11.8. The first-order valence-electron chi connectivity index (χ1n) is 9.91. The van der Waals surface area contributed by atoms with E-state index < -0.39 is 0 Å². The summed E-state index contributed by atoms with van der Waals surface area (Å²) in [5.74, 6) is 1.98.